The van der Waals surface area contributed by atoms with Crippen LogP contribution >= 0.6 is 22.9 Å². The van der Waals surface area contributed by atoms with E-state index in [0.29, 0.717) is 32.4 Å². The number of hydrogen-bond donors (Lipinski definition) is 1. The molecule has 0 aliphatic rings. The zero-order chi connectivity index (χ0) is 25.1. The number of aromatic nitrogens is 2. The Balaban J connectivity index is 1.78. The molecular formula is C25H22ClN3O5S. The summed E-state index contributed by atoms with van der Waals surface area (Å²) in [6.45, 7) is 5.65. The largest absolute Gasteiger partial charge is 0.491 e. The maximum absolute atomic E-state index is 13.5. The maximum Gasteiger partial charge on any atom is 0.359 e. The predicted octanol–water partition coefficient (Wildman–Crippen LogP) is 5.32. The molecule has 0 saturated heterocycles. The molecule has 0 unspecified atom stereocenters. The summed E-state index contributed by atoms with van der Waals surface area (Å²) in [6.07, 6.45) is 0.0102. The summed E-state index contributed by atoms with van der Waals surface area (Å²) in [6, 6.07) is 13.2. The van der Waals surface area contributed by atoms with Crippen molar-refractivity contribution in [3.05, 3.63) is 80.5 Å². The third kappa shape index (κ3) is 5.21. The lowest BCUT2D eigenvalue weighted by atomic mass is 10.2. The molecule has 2 heterocycles. The first-order valence-electron chi connectivity index (χ1n) is 10.8. The lowest BCUT2D eigenvalue weighted by Crippen LogP contribution is -2.25. The minimum atomic E-state index is -0.676. The third-order valence-corrected chi connectivity index (χ3v) is 6.02. The number of nitrogens with one attached hydrogen (secondary N) is 1. The molecule has 0 bridgehead atoms. The van der Waals surface area contributed by atoms with Crippen molar-refractivity contribution in [2.45, 2.75) is 26.9 Å². The number of fused-ring (bicyclic) bond motifs is 1. The van der Waals surface area contributed by atoms with Crippen LogP contribution in [0.1, 0.15) is 41.6 Å². The molecule has 1 N–H and O–H groups in total. The van der Waals surface area contributed by atoms with E-state index < -0.39 is 17.4 Å². The first-order chi connectivity index (χ1) is 16.8. The highest BCUT2D eigenvalue weighted by atomic mass is 35.5. The Kier molecular flexibility index (Phi) is 7.18. The van der Waals surface area contributed by atoms with Crippen LogP contribution in [0.2, 0.25) is 5.02 Å². The van der Waals surface area contributed by atoms with Crippen LogP contribution in [-0.2, 0) is 4.74 Å². The second kappa shape index (κ2) is 10.3. The van der Waals surface area contributed by atoms with Crippen LogP contribution in [0.3, 0.4) is 0 Å². The van der Waals surface area contributed by atoms with Gasteiger partial charge >= 0.3 is 5.97 Å². The Labute approximate surface area is 210 Å². The average molecular weight is 512 g/mol. The number of rotatable bonds is 7. The zero-order valence-corrected chi connectivity index (χ0v) is 20.8. The van der Waals surface area contributed by atoms with Crippen molar-refractivity contribution < 1.29 is 19.1 Å². The monoisotopic (exact) mass is 511 g/mol. The number of nitrogens with zero attached hydrogens (tertiary/aromatic N) is 2. The van der Waals surface area contributed by atoms with Crippen LogP contribution in [0.4, 0.5) is 5.00 Å². The molecule has 0 radical (unpaired) electrons. The number of carbonyl (C=O) groups is 2. The molecule has 4 aromatic rings. The van der Waals surface area contributed by atoms with Gasteiger partial charge in [0.25, 0.3) is 11.5 Å². The summed E-state index contributed by atoms with van der Waals surface area (Å²) in [4.78, 5) is 39.1. The second-order valence-corrected chi connectivity index (χ2v) is 9.08. The van der Waals surface area contributed by atoms with Gasteiger partial charge < -0.3 is 14.8 Å². The zero-order valence-electron chi connectivity index (χ0n) is 19.2. The van der Waals surface area contributed by atoms with Crippen molar-refractivity contribution in [3.8, 4) is 11.4 Å². The van der Waals surface area contributed by atoms with E-state index >= 15 is 0 Å². The standard InChI is InChI=1S/C25H22ClN3O5S/c1-4-33-25(32)21-19-13-35-23(27-22(30)15-8-10-18(11-9-15)34-14(2)3)20(19)24(31)29(28-21)17-7-5-6-16(26)12-17/h5-14H,4H2,1-3H3,(H,27,30). The highest BCUT2D eigenvalue weighted by molar-refractivity contribution is 7.16. The van der Waals surface area contributed by atoms with Crippen LogP contribution in [0.15, 0.2) is 58.7 Å². The van der Waals surface area contributed by atoms with Crippen molar-refractivity contribution in [1.82, 2.24) is 9.78 Å². The molecule has 0 aliphatic heterocycles. The van der Waals surface area contributed by atoms with Crippen molar-refractivity contribution in [3.63, 3.8) is 0 Å². The maximum atomic E-state index is 13.5. The molecule has 4 rings (SSSR count). The van der Waals surface area contributed by atoms with Gasteiger partial charge in [-0.25, -0.2) is 4.79 Å². The normalized spacial score (nSPS) is 11.0. The van der Waals surface area contributed by atoms with Crippen LogP contribution in [0.5, 0.6) is 5.75 Å². The average Bonchev–Trinajstić information content (AvgIpc) is 3.23. The molecule has 0 fully saturated rings. The number of amides is 1. The van der Waals surface area contributed by atoms with Gasteiger partial charge in [0.05, 0.1) is 23.8 Å². The van der Waals surface area contributed by atoms with Crippen LogP contribution < -0.4 is 15.6 Å². The van der Waals surface area contributed by atoms with Gasteiger partial charge in [-0.3, -0.25) is 9.59 Å². The number of esters is 1. The topological polar surface area (TPSA) is 99.5 Å². The Bertz CT molecular complexity index is 1460. The third-order valence-electron chi connectivity index (χ3n) is 4.89. The fraction of sp³-hybridized carbons (Fsp3) is 0.200. The number of benzene rings is 2. The molecule has 35 heavy (non-hydrogen) atoms. The predicted molar refractivity (Wildman–Crippen MR) is 136 cm³/mol. The van der Waals surface area contributed by atoms with E-state index in [1.165, 1.54) is 0 Å². The Hall–Kier alpha value is -3.69. The minimum Gasteiger partial charge on any atom is -0.491 e. The van der Waals surface area contributed by atoms with Crippen molar-refractivity contribution >= 4 is 50.6 Å². The number of carbonyl (C=O) groups excluding carboxylic acids is 2. The number of ether oxygens (including phenoxy) is 2. The number of hydrogen-bond acceptors (Lipinski definition) is 7. The van der Waals surface area contributed by atoms with Gasteiger partial charge in [0.1, 0.15) is 10.8 Å². The summed E-state index contributed by atoms with van der Waals surface area (Å²) < 4.78 is 11.8. The summed E-state index contributed by atoms with van der Waals surface area (Å²) in [5.74, 6) is -0.439. The molecule has 0 atom stereocenters. The van der Waals surface area contributed by atoms with Gasteiger partial charge in [-0.1, -0.05) is 17.7 Å². The molecule has 8 nitrogen and oxygen atoms in total. The molecule has 2 aromatic heterocycles. The van der Waals surface area contributed by atoms with Crippen LogP contribution in [0, 0.1) is 0 Å². The summed E-state index contributed by atoms with van der Waals surface area (Å²) in [7, 11) is 0. The van der Waals surface area contributed by atoms with E-state index in [1.807, 2.05) is 13.8 Å². The van der Waals surface area contributed by atoms with E-state index in [1.54, 1.807) is 60.8 Å². The molecule has 1 amide bonds. The molecule has 180 valence electrons. The lowest BCUT2D eigenvalue weighted by Gasteiger charge is -2.11. The van der Waals surface area contributed by atoms with Crippen LogP contribution in [0.25, 0.3) is 16.5 Å². The van der Waals surface area contributed by atoms with Gasteiger partial charge in [0.2, 0.25) is 0 Å². The van der Waals surface area contributed by atoms with Crippen molar-refractivity contribution in [2.75, 3.05) is 11.9 Å². The number of thiophene rings is 1. The van der Waals surface area contributed by atoms with Gasteiger partial charge in [-0.2, -0.15) is 9.78 Å². The minimum absolute atomic E-state index is 0.0102. The first kappa shape index (κ1) is 24.4. The highest BCUT2D eigenvalue weighted by Gasteiger charge is 2.23. The number of halogens is 1. The molecular weight excluding hydrogens is 490 g/mol. The van der Waals surface area contributed by atoms with Gasteiger partial charge in [0, 0.05) is 21.4 Å². The summed E-state index contributed by atoms with van der Waals surface area (Å²) in [5.41, 5.74) is 0.220. The number of anilines is 1. The van der Waals surface area contributed by atoms with Gasteiger partial charge in [-0.05, 0) is 63.2 Å². The Morgan fingerprint density at radius 1 is 1.17 bits per heavy atom. The molecule has 0 aliphatic carbocycles. The van der Waals surface area contributed by atoms with Crippen molar-refractivity contribution in [1.29, 1.82) is 0 Å². The second-order valence-electron chi connectivity index (χ2n) is 7.76. The van der Waals surface area contributed by atoms with E-state index in [2.05, 4.69) is 10.4 Å². The summed E-state index contributed by atoms with van der Waals surface area (Å²) in [5, 5.41) is 9.81. The Morgan fingerprint density at radius 3 is 2.57 bits per heavy atom. The van der Waals surface area contributed by atoms with E-state index in [9.17, 15) is 14.4 Å². The molecule has 0 saturated carbocycles. The molecule has 0 spiro atoms. The smallest absolute Gasteiger partial charge is 0.359 e. The van der Waals surface area contributed by atoms with Crippen molar-refractivity contribution in [2.24, 2.45) is 0 Å². The van der Waals surface area contributed by atoms with Gasteiger partial charge in [-0.15, -0.1) is 11.3 Å². The lowest BCUT2D eigenvalue weighted by molar-refractivity contribution is 0.0520. The first-order valence-corrected chi connectivity index (χ1v) is 12.1. The fourth-order valence-electron chi connectivity index (χ4n) is 3.41. The van der Waals surface area contributed by atoms with E-state index in [4.69, 9.17) is 21.1 Å². The van der Waals surface area contributed by atoms with E-state index in [-0.39, 0.29) is 23.8 Å². The molecule has 10 heteroatoms. The summed E-state index contributed by atoms with van der Waals surface area (Å²) >= 11 is 7.23. The quantitative estimate of drug-likeness (QED) is 0.337. The fourth-order valence-corrected chi connectivity index (χ4v) is 4.52. The highest BCUT2D eigenvalue weighted by Crippen LogP contribution is 2.31. The SMILES string of the molecule is CCOC(=O)c1nn(-c2cccc(Cl)c2)c(=O)c2c(NC(=O)c3ccc(OC(C)C)cc3)scc12. The Morgan fingerprint density at radius 2 is 1.91 bits per heavy atom. The molecule has 2 aromatic carbocycles. The van der Waals surface area contributed by atoms with E-state index in [0.717, 1.165) is 16.0 Å². The van der Waals surface area contributed by atoms with Crippen LogP contribution in [-0.4, -0.2) is 34.4 Å². The van der Waals surface area contributed by atoms with Gasteiger partial charge in [0.15, 0.2) is 5.69 Å².